The van der Waals surface area contributed by atoms with Gasteiger partial charge in [0.2, 0.25) is 0 Å². The molecule has 5 heteroatoms. The molecule has 5 rings (SSSR count). The Balaban J connectivity index is 1.56. The maximum absolute atomic E-state index is 13.6. The van der Waals surface area contributed by atoms with Crippen LogP contribution in [-0.4, -0.2) is 30.7 Å². The quantitative estimate of drug-likeness (QED) is 0.401. The highest BCUT2D eigenvalue weighted by Crippen LogP contribution is 2.46. The highest BCUT2D eigenvalue weighted by Gasteiger charge is 2.41. The normalized spacial score (nSPS) is 18.1. The average molecular weight is 416 g/mol. The summed E-state index contributed by atoms with van der Waals surface area (Å²) < 4.78 is 25.6. The summed E-state index contributed by atoms with van der Waals surface area (Å²) in [6.07, 6.45) is 1.80. The molecule has 2 heterocycles. The van der Waals surface area contributed by atoms with Crippen molar-refractivity contribution in [3.05, 3.63) is 89.2 Å². The van der Waals surface area contributed by atoms with E-state index in [1.807, 2.05) is 36.4 Å². The van der Waals surface area contributed by atoms with E-state index in [2.05, 4.69) is 42.4 Å². The van der Waals surface area contributed by atoms with Crippen molar-refractivity contribution >= 4 is 11.0 Å². The molecule has 1 aliphatic rings. The SMILES string of the molecule is CN(C)CCCC1(c2ccc(F)cc2)OCc2cc(-c3noc4ccccc34)ccc21. The molecule has 0 N–H and O–H groups in total. The molecule has 1 atom stereocenters. The van der Waals surface area contributed by atoms with Gasteiger partial charge >= 0.3 is 0 Å². The van der Waals surface area contributed by atoms with Gasteiger partial charge in [0.15, 0.2) is 5.58 Å². The van der Waals surface area contributed by atoms with Crippen LogP contribution in [0.4, 0.5) is 4.39 Å². The van der Waals surface area contributed by atoms with Gasteiger partial charge in [-0.15, -0.1) is 0 Å². The molecule has 1 aliphatic heterocycles. The third-order valence-electron chi connectivity index (χ3n) is 6.11. The monoisotopic (exact) mass is 416 g/mol. The molecule has 1 unspecified atom stereocenters. The third-order valence-corrected chi connectivity index (χ3v) is 6.11. The molecule has 0 fully saturated rings. The van der Waals surface area contributed by atoms with Crippen LogP contribution in [0, 0.1) is 5.82 Å². The van der Waals surface area contributed by atoms with Crippen LogP contribution in [0.1, 0.15) is 29.5 Å². The number of rotatable bonds is 6. The van der Waals surface area contributed by atoms with Crippen molar-refractivity contribution in [1.82, 2.24) is 10.1 Å². The summed E-state index contributed by atoms with van der Waals surface area (Å²) in [7, 11) is 4.14. The fourth-order valence-electron chi connectivity index (χ4n) is 4.58. The number of ether oxygens (including phenoxy) is 1. The summed E-state index contributed by atoms with van der Waals surface area (Å²) in [6.45, 7) is 1.48. The zero-order chi connectivity index (χ0) is 21.4. The van der Waals surface area contributed by atoms with Gasteiger partial charge in [0.25, 0.3) is 0 Å². The summed E-state index contributed by atoms with van der Waals surface area (Å²) in [5.74, 6) is -0.237. The van der Waals surface area contributed by atoms with Crippen LogP contribution >= 0.6 is 0 Å². The fourth-order valence-corrected chi connectivity index (χ4v) is 4.58. The first-order valence-electron chi connectivity index (χ1n) is 10.6. The number of hydrogen-bond donors (Lipinski definition) is 0. The van der Waals surface area contributed by atoms with Gasteiger partial charge in [-0.2, -0.15) is 0 Å². The smallest absolute Gasteiger partial charge is 0.167 e. The van der Waals surface area contributed by atoms with E-state index >= 15 is 0 Å². The van der Waals surface area contributed by atoms with Crippen LogP contribution in [0.3, 0.4) is 0 Å². The van der Waals surface area contributed by atoms with E-state index in [1.165, 1.54) is 12.1 Å². The summed E-state index contributed by atoms with van der Waals surface area (Å²) in [6, 6.07) is 21.0. The van der Waals surface area contributed by atoms with Crippen molar-refractivity contribution < 1.29 is 13.7 Å². The van der Waals surface area contributed by atoms with Crippen LogP contribution in [0.5, 0.6) is 0 Å². The van der Waals surface area contributed by atoms with Gasteiger partial charge < -0.3 is 14.2 Å². The van der Waals surface area contributed by atoms with Crippen molar-refractivity contribution in [3.8, 4) is 11.3 Å². The average Bonchev–Trinajstić information content (AvgIpc) is 3.36. The Morgan fingerprint density at radius 2 is 1.84 bits per heavy atom. The molecule has 0 radical (unpaired) electrons. The molecular formula is C26H25FN2O2. The number of nitrogens with zero attached hydrogens (tertiary/aromatic N) is 2. The second-order valence-corrected chi connectivity index (χ2v) is 8.43. The van der Waals surface area contributed by atoms with Gasteiger partial charge in [0, 0.05) is 10.9 Å². The van der Waals surface area contributed by atoms with Crippen LogP contribution in [0.15, 0.2) is 71.3 Å². The summed E-state index contributed by atoms with van der Waals surface area (Å²) in [5, 5.41) is 5.30. The maximum atomic E-state index is 13.6. The summed E-state index contributed by atoms with van der Waals surface area (Å²) in [5.41, 5.74) is 5.34. The predicted octanol–water partition coefficient (Wildman–Crippen LogP) is 5.75. The molecule has 31 heavy (non-hydrogen) atoms. The minimum absolute atomic E-state index is 0.237. The standard InChI is InChI=1S/C26H25FN2O2/c1-29(2)15-5-14-26(20-9-11-21(27)12-10-20)23-13-8-18(16-19(23)17-30-26)25-22-6-3-4-7-24(22)31-28-25/h3-4,6-13,16H,5,14-15,17H2,1-2H3. The van der Waals surface area contributed by atoms with Crippen molar-refractivity contribution in [2.75, 3.05) is 20.6 Å². The molecule has 4 nitrogen and oxygen atoms in total. The molecule has 158 valence electrons. The molecule has 1 aromatic heterocycles. The lowest BCUT2D eigenvalue weighted by Gasteiger charge is -2.31. The molecule has 0 saturated carbocycles. The fraction of sp³-hybridized carbons (Fsp3) is 0.269. The van der Waals surface area contributed by atoms with E-state index in [0.717, 1.165) is 58.3 Å². The molecule has 0 spiro atoms. The zero-order valence-electron chi connectivity index (χ0n) is 17.8. The largest absolute Gasteiger partial charge is 0.361 e. The van der Waals surface area contributed by atoms with Crippen molar-refractivity contribution in [2.45, 2.75) is 25.0 Å². The van der Waals surface area contributed by atoms with Gasteiger partial charge in [-0.1, -0.05) is 41.6 Å². The van der Waals surface area contributed by atoms with Gasteiger partial charge in [0.1, 0.15) is 17.1 Å². The summed E-state index contributed by atoms with van der Waals surface area (Å²) in [4.78, 5) is 2.17. The third kappa shape index (κ3) is 3.54. The van der Waals surface area contributed by atoms with Crippen molar-refractivity contribution in [3.63, 3.8) is 0 Å². The first-order valence-corrected chi connectivity index (χ1v) is 10.6. The second-order valence-electron chi connectivity index (χ2n) is 8.43. The van der Waals surface area contributed by atoms with E-state index < -0.39 is 5.60 Å². The number of hydrogen-bond acceptors (Lipinski definition) is 4. The first-order chi connectivity index (χ1) is 15.1. The predicted molar refractivity (Wildman–Crippen MR) is 119 cm³/mol. The number of halogens is 1. The highest BCUT2D eigenvalue weighted by molar-refractivity contribution is 5.91. The Bertz CT molecular complexity index is 1220. The molecule has 0 aliphatic carbocycles. The Labute approximate surface area is 181 Å². The van der Waals surface area contributed by atoms with Gasteiger partial charge in [-0.3, -0.25) is 0 Å². The number of para-hydroxylation sites is 1. The molecule has 0 amide bonds. The first kappa shape index (κ1) is 19.9. The van der Waals surface area contributed by atoms with Crippen LogP contribution < -0.4 is 0 Å². The summed E-state index contributed by atoms with van der Waals surface area (Å²) >= 11 is 0. The molecule has 3 aromatic carbocycles. The molecule has 4 aromatic rings. The van der Waals surface area contributed by atoms with Crippen molar-refractivity contribution in [1.29, 1.82) is 0 Å². The second kappa shape index (κ2) is 7.91. The van der Waals surface area contributed by atoms with Crippen LogP contribution in [0.25, 0.3) is 22.2 Å². The topological polar surface area (TPSA) is 38.5 Å². The van der Waals surface area contributed by atoms with E-state index in [4.69, 9.17) is 9.26 Å². The van der Waals surface area contributed by atoms with Crippen LogP contribution in [0.2, 0.25) is 0 Å². The Kier molecular flexibility index (Phi) is 5.08. The highest BCUT2D eigenvalue weighted by atomic mass is 19.1. The lowest BCUT2D eigenvalue weighted by molar-refractivity contribution is -0.0140. The molecule has 0 bridgehead atoms. The maximum Gasteiger partial charge on any atom is 0.167 e. The van der Waals surface area contributed by atoms with Gasteiger partial charge in [0.05, 0.1) is 6.61 Å². The minimum Gasteiger partial charge on any atom is -0.361 e. The number of fused-ring (bicyclic) bond motifs is 2. The number of benzene rings is 3. The van der Waals surface area contributed by atoms with Crippen molar-refractivity contribution in [2.24, 2.45) is 0 Å². The molecular weight excluding hydrogens is 391 g/mol. The van der Waals surface area contributed by atoms with E-state index in [0.29, 0.717) is 6.61 Å². The minimum atomic E-state index is -0.566. The lowest BCUT2D eigenvalue weighted by Crippen LogP contribution is -2.28. The zero-order valence-corrected chi connectivity index (χ0v) is 17.8. The van der Waals surface area contributed by atoms with Crippen LogP contribution in [-0.2, 0) is 16.9 Å². The van der Waals surface area contributed by atoms with Gasteiger partial charge in [-0.25, -0.2) is 4.39 Å². The Morgan fingerprint density at radius 3 is 2.65 bits per heavy atom. The number of aromatic nitrogens is 1. The Morgan fingerprint density at radius 1 is 1.03 bits per heavy atom. The lowest BCUT2D eigenvalue weighted by atomic mass is 9.81. The Hall–Kier alpha value is -3.02. The van der Waals surface area contributed by atoms with E-state index in [-0.39, 0.29) is 5.82 Å². The van der Waals surface area contributed by atoms with E-state index in [9.17, 15) is 4.39 Å². The van der Waals surface area contributed by atoms with Gasteiger partial charge in [-0.05, 0) is 80.5 Å². The van der Waals surface area contributed by atoms with E-state index in [1.54, 1.807) is 0 Å². The molecule has 0 saturated heterocycles.